The van der Waals surface area contributed by atoms with Crippen molar-refractivity contribution in [3.05, 3.63) is 70.2 Å². The van der Waals surface area contributed by atoms with Gasteiger partial charge in [-0.15, -0.1) is 0 Å². The zero-order valence-corrected chi connectivity index (χ0v) is 16.9. The first kappa shape index (κ1) is 19.0. The van der Waals surface area contributed by atoms with Gasteiger partial charge in [-0.2, -0.15) is 0 Å². The second kappa shape index (κ2) is 7.96. The van der Waals surface area contributed by atoms with Crippen LogP contribution in [0.1, 0.15) is 60.1 Å². The molecule has 0 aromatic heterocycles. The van der Waals surface area contributed by atoms with Gasteiger partial charge >= 0.3 is 0 Å². The maximum atomic E-state index is 13.3. The molecule has 28 heavy (non-hydrogen) atoms. The molecule has 2 aliphatic rings. The van der Waals surface area contributed by atoms with E-state index in [2.05, 4.69) is 6.92 Å². The average Bonchev–Trinajstić information content (AvgIpc) is 3.45. The van der Waals surface area contributed by atoms with Crippen molar-refractivity contribution in [1.82, 2.24) is 9.80 Å². The summed E-state index contributed by atoms with van der Waals surface area (Å²) in [5, 5.41) is 0.701. The topological polar surface area (TPSA) is 40.6 Å². The molecule has 0 N–H and O–H groups in total. The van der Waals surface area contributed by atoms with Crippen LogP contribution in [0.5, 0.6) is 0 Å². The molecular formula is C23H25ClN2O2. The van der Waals surface area contributed by atoms with E-state index in [0.29, 0.717) is 29.6 Å². The molecule has 2 aromatic rings. The summed E-state index contributed by atoms with van der Waals surface area (Å²) < 4.78 is 0. The minimum Gasteiger partial charge on any atom is -0.338 e. The van der Waals surface area contributed by atoms with E-state index in [-0.39, 0.29) is 17.9 Å². The molecule has 1 aliphatic heterocycles. The highest BCUT2D eigenvalue weighted by molar-refractivity contribution is 6.30. The van der Waals surface area contributed by atoms with E-state index in [9.17, 15) is 9.59 Å². The van der Waals surface area contributed by atoms with Gasteiger partial charge in [0.2, 0.25) is 5.91 Å². The highest BCUT2D eigenvalue weighted by atomic mass is 35.5. The standard InChI is InChI=1S/C23H25ClN2O2/c1-16(18-8-10-20(24)11-9-18)26(21-12-13-21)23(28)19-6-4-17(5-7-19)15-25-14-2-3-22(25)27/h4-11,16,21H,2-3,12-15H2,1H3. The summed E-state index contributed by atoms with van der Waals surface area (Å²) in [6.45, 7) is 3.53. The van der Waals surface area contributed by atoms with Crippen molar-refractivity contribution in [2.45, 2.75) is 51.2 Å². The van der Waals surface area contributed by atoms with Gasteiger partial charge in [0.25, 0.3) is 5.91 Å². The zero-order valence-electron chi connectivity index (χ0n) is 16.1. The summed E-state index contributed by atoms with van der Waals surface area (Å²) in [6, 6.07) is 15.8. The quantitative estimate of drug-likeness (QED) is 0.701. The molecule has 1 saturated heterocycles. The van der Waals surface area contributed by atoms with Crippen LogP contribution < -0.4 is 0 Å². The van der Waals surface area contributed by atoms with Crippen molar-refractivity contribution in [3.63, 3.8) is 0 Å². The first-order valence-corrected chi connectivity index (χ1v) is 10.4. The van der Waals surface area contributed by atoms with E-state index < -0.39 is 0 Å². The molecule has 1 unspecified atom stereocenters. The van der Waals surface area contributed by atoms with Gasteiger partial charge in [0.1, 0.15) is 0 Å². The van der Waals surface area contributed by atoms with E-state index in [4.69, 9.17) is 11.6 Å². The van der Waals surface area contributed by atoms with E-state index in [1.165, 1.54) is 0 Å². The van der Waals surface area contributed by atoms with Crippen LogP contribution in [0.15, 0.2) is 48.5 Å². The van der Waals surface area contributed by atoms with E-state index >= 15 is 0 Å². The molecule has 1 saturated carbocycles. The lowest BCUT2D eigenvalue weighted by atomic mass is 10.0. The Labute approximate surface area is 171 Å². The van der Waals surface area contributed by atoms with E-state index in [0.717, 1.165) is 36.9 Å². The third kappa shape index (κ3) is 4.07. The average molecular weight is 397 g/mol. The zero-order chi connectivity index (χ0) is 19.7. The fraction of sp³-hybridized carbons (Fsp3) is 0.391. The van der Waals surface area contributed by atoms with Crippen LogP contribution in [0.4, 0.5) is 0 Å². The smallest absolute Gasteiger partial charge is 0.254 e. The molecule has 146 valence electrons. The molecule has 0 bridgehead atoms. The van der Waals surface area contributed by atoms with Crippen LogP contribution in [0, 0.1) is 0 Å². The van der Waals surface area contributed by atoms with Gasteiger partial charge in [-0.05, 0) is 61.6 Å². The second-order valence-corrected chi connectivity index (χ2v) is 8.22. The molecule has 0 radical (unpaired) electrons. The van der Waals surface area contributed by atoms with Crippen LogP contribution >= 0.6 is 11.6 Å². The van der Waals surface area contributed by atoms with Gasteiger partial charge < -0.3 is 9.80 Å². The number of likely N-dealkylation sites (tertiary alicyclic amines) is 1. The summed E-state index contributed by atoms with van der Waals surface area (Å²) in [5.74, 6) is 0.283. The molecule has 0 spiro atoms. The fourth-order valence-corrected chi connectivity index (χ4v) is 4.03. The Kier molecular flexibility index (Phi) is 5.40. The molecule has 2 fully saturated rings. The normalized spacial score (nSPS) is 17.6. The third-order valence-corrected chi connectivity index (χ3v) is 5.94. The number of nitrogens with zero attached hydrogens (tertiary/aromatic N) is 2. The summed E-state index contributed by atoms with van der Waals surface area (Å²) >= 11 is 6.01. The van der Waals surface area contributed by atoms with Crippen molar-refractivity contribution < 1.29 is 9.59 Å². The number of hydrogen-bond donors (Lipinski definition) is 0. The highest BCUT2D eigenvalue weighted by Gasteiger charge is 2.36. The van der Waals surface area contributed by atoms with Crippen LogP contribution in [0.3, 0.4) is 0 Å². The molecule has 5 heteroatoms. The van der Waals surface area contributed by atoms with Crippen molar-refractivity contribution >= 4 is 23.4 Å². The van der Waals surface area contributed by atoms with Gasteiger partial charge in [-0.3, -0.25) is 9.59 Å². The predicted molar refractivity (Wildman–Crippen MR) is 110 cm³/mol. The number of carbonyl (C=O) groups excluding carboxylic acids is 2. The van der Waals surface area contributed by atoms with Gasteiger partial charge in [0.15, 0.2) is 0 Å². The Hall–Kier alpha value is -2.33. The molecule has 1 atom stereocenters. The van der Waals surface area contributed by atoms with Crippen LogP contribution in [0.2, 0.25) is 5.02 Å². The Morgan fingerprint density at radius 2 is 1.82 bits per heavy atom. The molecule has 1 aliphatic carbocycles. The van der Waals surface area contributed by atoms with E-state index in [1.807, 2.05) is 58.3 Å². The molecule has 1 heterocycles. The molecular weight excluding hydrogens is 372 g/mol. The first-order chi connectivity index (χ1) is 13.5. The fourth-order valence-electron chi connectivity index (χ4n) is 3.91. The molecule has 4 rings (SSSR count). The molecule has 4 nitrogen and oxygen atoms in total. The minimum absolute atomic E-state index is 0.000774. The number of carbonyl (C=O) groups is 2. The maximum Gasteiger partial charge on any atom is 0.254 e. The number of halogens is 1. The van der Waals surface area contributed by atoms with Crippen LogP contribution in [-0.2, 0) is 11.3 Å². The van der Waals surface area contributed by atoms with Gasteiger partial charge in [-0.25, -0.2) is 0 Å². The number of benzene rings is 2. The Morgan fingerprint density at radius 3 is 2.39 bits per heavy atom. The summed E-state index contributed by atoms with van der Waals surface area (Å²) in [6.07, 6.45) is 3.70. The molecule has 2 aromatic carbocycles. The number of amides is 2. The lowest BCUT2D eigenvalue weighted by molar-refractivity contribution is -0.128. The largest absolute Gasteiger partial charge is 0.338 e. The van der Waals surface area contributed by atoms with Gasteiger partial charge in [0, 0.05) is 36.1 Å². The van der Waals surface area contributed by atoms with E-state index in [1.54, 1.807) is 0 Å². The van der Waals surface area contributed by atoms with Gasteiger partial charge in [0.05, 0.1) is 6.04 Å². The van der Waals surface area contributed by atoms with Crippen molar-refractivity contribution in [1.29, 1.82) is 0 Å². The summed E-state index contributed by atoms with van der Waals surface area (Å²) in [5.41, 5.74) is 2.86. The lowest BCUT2D eigenvalue weighted by Gasteiger charge is -2.30. The first-order valence-electron chi connectivity index (χ1n) is 9.98. The second-order valence-electron chi connectivity index (χ2n) is 7.79. The maximum absolute atomic E-state index is 13.3. The monoisotopic (exact) mass is 396 g/mol. The van der Waals surface area contributed by atoms with Crippen molar-refractivity contribution in [2.75, 3.05) is 6.54 Å². The molecule has 2 amide bonds. The Bertz CT molecular complexity index is 859. The SMILES string of the molecule is CC(c1ccc(Cl)cc1)N(C(=O)c1ccc(CN2CCCC2=O)cc1)C1CC1. The summed E-state index contributed by atoms with van der Waals surface area (Å²) in [7, 11) is 0. The summed E-state index contributed by atoms with van der Waals surface area (Å²) in [4.78, 5) is 29.0. The third-order valence-electron chi connectivity index (χ3n) is 5.69. The highest BCUT2D eigenvalue weighted by Crippen LogP contribution is 2.36. The minimum atomic E-state index is -0.000774. The predicted octanol–water partition coefficient (Wildman–Crippen LogP) is 4.83. The Morgan fingerprint density at radius 1 is 1.14 bits per heavy atom. The Balaban J connectivity index is 1.49. The van der Waals surface area contributed by atoms with Crippen LogP contribution in [-0.4, -0.2) is 34.2 Å². The number of rotatable bonds is 6. The van der Waals surface area contributed by atoms with Crippen LogP contribution in [0.25, 0.3) is 0 Å². The van der Waals surface area contributed by atoms with Crippen molar-refractivity contribution in [2.24, 2.45) is 0 Å². The van der Waals surface area contributed by atoms with Crippen molar-refractivity contribution in [3.8, 4) is 0 Å². The number of hydrogen-bond acceptors (Lipinski definition) is 2. The van der Waals surface area contributed by atoms with Gasteiger partial charge in [-0.1, -0.05) is 35.9 Å². The lowest BCUT2D eigenvalue weighted by Crippen LogP contribution is -2.35.